The molecule has 6 rings (SSSR count). The maximum Gasteiger partial charge on any atom is 0.341 e. The first-order valence-corrected chi connectivity index (χ1v) is 15.3. The number of hydrogen-bond acceptors (Lipinski definition) is 9. The van der Waals surface area contributed by atoms with Crippen molar-refractivity contribution in [1.82, 2.24) is 29.1 Å². The molecule has 0 amide bonds. The Hall–Kier alpha value is -3.71. The third kappa shape index (κ3) is 5.23. The highest BCUT2D eigenvalue weighted by Crippen LogP contribution is 2.58. The van der Waals surface area contributed by atoms with Crippen LogP contribution in [0.15, 0.2) is 65.8 Å². The van der Waals surface area contributed by atoms with E-state index < -0.39 is 16.7 Å². The predicted octanol–water partition coefficient (Wildman–Crippen LogP) is 5.15. The number of aromatic nitrogens is 5. The van der Waals surface area contributed by atoms with E-state index in [1.54, 1.807) is 45.0 Å². The van der Waals surface area contributed by atoms with Crippen LogP contribution in [0.2, 0.25) is 0 Å². The van der Waals surface area contributed by atoms with Crippen LogP contribution in [0, 0.1) is 0 Å². The number of ether oxygens (including phenoxy) is 2. The van der Waals surface area contributed by atoms with E-state index in [9.17, 15) is 13.9 Å². The number of nitrogens with zero attached hydrogens (tertiary/aromatic N) is 6. The Labute approximate surface area is 240 Å². The molecule has 3 atom stereocenters. The molecule has 216 valence electrons. The SMILES string of the molecule is CCOC(=O)c1cnn(-c2cccc(CN3CC(CC)Oc4ccccc4S3(O)O)c2)c1C1CC1c1cn(C)nn1. The first-order chi connectivity index (χ1) is 19.8. The summed E-state index contributed by atoms with van der Waals surface area (Å²) in [4.78, 5) is 13.3. The Bertz CT molecular complexity index is 1570. The Kier molecular flexibility index (Phi) is 7.32. The molecule has 0 radical (unpaired) electrons. The van der Waals surface area contributed by atoms with Gasteiger partial charge in [-0.15, -0.1) is 15.9 Å². The number of rotatable bonds is 8. The molecule has 1 aliphatic heterocycles. The fourth-order valence-corrected chi connectivity index (χ4v) is 7.09. The molecule has 11 nitrogen and oxygen atoms in total. The molecule has 0 spiro atoms. The Balaban J connectivity index is 1.33. The van der Waals surface area contributed by atoms with Crippen molar-refractivity contribution in [2.75, 3.05) is 13.2 Å². The molecule has 3 heterocycles. The summed E-state index contributed by atoms with van der Waals surface area (Å²) in [5, 5.41) is 13.0. The van der Waals surface area contributed by atoms with Crippen LogP contribution in [0.1, 0.15) is 65.8 Å². The second kappa shape index (κ2) is 10.9. The second-order valence-corrected chi connectivity index (χ2v) is 12.4. The average Bonchev–Trinajstić information content (AvgIpc) is 3.45. The van der Waals surface area contributed by atoms with Gasteiger partial charge in [-0.05, 0) is 49.6 Å². The monoisotopic (exact) mass is 578 g/mol. The summed E-state index contributed by atoms with van der Waals surface area (Å²) in [5.74, 6) is 0.267. The molecule has 2 aliphatic rings. The van der Waals surface area contributed by atoms with Crippen molar-refractivity contribution in [3.05, 3.63) is 83.4 Å². The zero-order valence-electron chi connectivity index (χ0n) is 23.3. The third-order valence-electron chi connectivity index (χ3n) is 7.62. The number of esters is 1. The third-order valence-corrected chi connectivity index (χ3v) is 9.54. The number of carbonyl (C=O) groups excluding carboxylic acids is 1. The lowest BCUT2D eigenvalue weighted by molar-refractivity contribution is 0.0525. The van der Waals surface area contributed by atoms with Gasteiger partial charge in [-0.2, -0.15) is 9.40 Å². The first-order valence-electron chi connectivity index (χ1n) is 13.8. The topological polar surface area (TPSA) is 128 Å². The quantitative estimate of drug-likeness (QED) is 0.273. The van der Waals surface area contributed by atoms with Crippen molar-refractivity contribution in [2.24, 2.45) is 7.05 Å². The normalized spacial score (nSPS) is 22.3. The van der Waals surface area contributed by atoms with Gasteiger partial charge in [0, 0.05) is 31.6 Å². The van der Waals surface area contributed by atoms with Gasteiger partial charge in [0.25, 0.3) is 0 Å². The Morgan fingerprint density at radius 2 is 1.98 bits per heavy atom. The standard InChI is InChI=1S/C29H34N6O5S/c1-4-21-17-34(41(37,38)27-12-7-6-11-26(27)40-21)16-19-9-8-10-20(13-19)35-28(24(15-30-35)29(36)39-5-2)23-14-22(23)25-18-33(3)32-31-25/h6-13,15,18,21-23,37-38H,4-5,14,16-17H2,1-3H3. The number of fused-ring (bicyclic) bond motifs is 1. The molecule has 2 aromatic heterocycles. The van der Waals surface area contributed by atoms with Crippen molar-refractivity contribution >= 4 is 16.7 Å². The molecular formula is C29H34N6O5S. The van der Waals surface area contributed by atoms with Gasteiger partial charge < -0.3 is 9.47 Å². The van der Waals surface area contributed by atoms with Crippen LogP contribution >= 0.6 is 10.8 Å². The number of para-hydroxylation sites is 1. The van der Waals surface area contributed by atoms with Crippen LogP contribution in [0.5, 0.6) is 5.75 Å². The smallest absolute Gasteiger partial charge is 0.341 e. The molecule has 0 saturated heterocycles. The lowest BCUT2D eigenvalue weighted by Crippen LogP contribution is -2.34. The largest absolute Gasteiger partial charge is 0.487 e. The van der Waals surface area contributed by atoms with Crippen molar-refractivity contribution < 1.29 is 23.4 Å². The number of carbonyl (C=O) groups is 1. The van der Waals surface area contributed by atoms with Crippen LogP contribution in [-0.2, 0) is 18.3 Å². The molecule has 4 aromatic rings. The van der Waals surface area contributed by atoms with E-state index in [0.29, 0.717) is 22.8 Å². The molecule has 0 bridgehead atoms. The van der Waals surface area contributed by atoms with E-state index in [1.807, 2.05) is 50.5 Å². The molecule has 3 unspecified atom stereocenters. The fraction of sp³-hybridized carbons (Fsp3) is 0.379. The number of benzene rings is 2. The van der Waals surface area contributed by atoms with Crippen LogP contribution in [0.4, 0.5) is 0 Å². The van der Waals surface area contributed by atoms with Gasteiger partial charge in [-0.1, -0.05) is 36.4 Å². The van der Waals surface area contributed by atoms with E-state index in [4.69, 9.17) is 9.47 Å². The average molecular weight is 579 g/mol. The lowest BCUT2D eigenvalue weighted by Gasteiger charge is -2.41. The van der Waals surface area contributed by atoms with Crippen molar-refractivity contribution in [3.8, 4) is 11.4 Å². The molecule has 41 heavy (non-hydrogen) atoms. The highest BCUT2D eigenvalue weighted by Gasteiger charge is 2.46. The fourth-order valence-electron chi connectivity index (χ4n) is 5.46. The van der Waals surface area contributed by atoms with Gasteiger partial charge in [0.05, 0.1) is 36.4 Å². The highest BCUT2D eigenvalue weighted by molar-refractivity contribution is 8.22. The number of hydrogen-bond donors (Lipinski definition) is 2. The summed E-state index contributed by atoms with van der Waals surface area (Å²) >= 11 is 0. The first kappa shape index (κ1) is 27.5. The summed E-state index contributed by atoms with van der Waals surface area (Å²) in [6.45, 7) is 4.72. The molecule has 1 fully saturated rings. The van der Waals surface area contributed by atoms with Crippen LogP contribution in [0.25, 0.3) is 5.69 Å². The number of aryl methyl sites for hydroxylation is 1. The molecule has 2 N–H and O–H groups in total. The minimum absolute atomic E-state index is 0.0359. The summed E-state index contributed by atoms with van der Waals surface area (Å²) in [6, 6.07) is 14.9. The van der Waals surface area contributed by atoms with E-state index in [0.717, 1.165) is 35.5 Å². The maximum absolute atomic E-state index is 12.9. The highest BCUT2D eigenvalue weighted by atomic mass is 32.3. The molecule has 1 aliphatic carbocycles. The summed E-state index contributed by atoms with van der Waals surface area (Å²) < 4.78 is 39.5. The second-order valence-electron chi connectivity index (χ2n) is 10.4. The van der Waals surface area contributed by atoms with E-state index in [-0.39, 0.29) is 31.1 Å². The minimum Gasteiger partial charge on any atom is -0.487 e. The maximum atomic E-state index is 12.9. The lowest BCUT2D eigenvalue weighted by atomic mass is 10.1. The molecule has 12 heteroatoms. The summed E-state index contributed by atoms with van der Waals surface area (Å²) in [6.07, 6.45) is 4.83. The predicted molar refractivity (Wildman–Crippen MR) is 153 cm³/mol. The van der Waals surface area contributed by atoms with Crippen molar-refractivity contribution in [3.63, 3.8) is 0 Å². The molecule has 1 saturated carbocycles. The van der Waals surface area contributed by atoms with Crippen LogP contribution in [0.3, 0.4) is 0 Å². The summed E-state index contributed by atoms with van der Waals surface area (Å²) in [7, 11) is -1.46. The van der Waals surface area contributed by atoms with Gasteiger partial charge in [0.2, 0.25) is 0 Å². The zero-order chi connectivity index (χ0) is 28.7. The van der Waals surface area contributed by atoms with Gasteiger partial charge in [-0.25, -0.2) is 9.48 Å². The van der Waals surface area contributed by atoms with Gasteiger partial charge in [-0.3, -0.25) is 13.8 Å². The Morgan fingerprint density at radius 3 is 2.73 bits per heavy atom. The molecular weight excluding hydrogens is 544 g/mol. The van der Waals surface area contributed by atoms with Crippen LogP contribution < -0.4 is 4.74 Å². The van der Waals surface area contributed by atoms with E-state index in [1.165, 1.54) is 0 Å². The van der Waals surface area contributed by atoms with Crippen molar-refractivity contribution in [2.45, 2.75) is 56.1 Å². The van der Waals surface area contributed by atoms with E-state index >= 15 is 0 Å². The van der Waals surface area contributed by atoms with Gasteiger partial charge in [0.15, 0.2) is 0 Å². The van der Waals surface area contributed by atoms with Gasteiger partial charge in [0.1, 0.15) is 22.3 Å². The molecule has 2 aromatic carbocycles. The minimum atomic E-state index is -3.29. The Morgan fingerprint density at radius 1 is 1.15 bits per heavy atom. The van der Waals surface area contributed by atoms with Gasteiger partial charge >= 0.3 is 5.97 Å². The zero-order valence-corrected chi connectivity index (χ0v) is 24.1. The summed E-state index contributed by atoms with van der Waals surface area (Å²) in [5.41, 5.74) is 3.75. The van der Waals surface area contributed by atoms with Crippen LogP contribution in [-0.4, -0.2) is 63.4 Å². The van der Waals surface area contributed by atoms with E-state index in [2.05, 4.69) is 15.4 Å². The van der Waals surface area contributed by atoms with Crippen molar-refractivity contribution in [1.29, 1.82) is 0 Å².